The van der Waals surface area contributed by atoms with E-state index in [1.807, 2.05) is 41.6 Å². The molecular weight excluding hydrogens is 327 g/mol. The smallest absolute Gasteiger partial charge is 0.234 e. The number of nitrogens with zero attached hydrogens (tertiary/aromatic N) is 1. The molecule has 112 valence electrons. The Morgan fingerprint density at radius 3 is 2.76 bits per heavy atom. The van der Waals surface area contributed by atoms with Crippen LogP contribution in [0.1, 0.15) is 10.4 Å². The molecule has 1 aromatic heterocycles. The van der Waals surface area contributed by atoms with E-state index in [1.165, 1.54) is 0 Å². The van der Waals surface area contributed by atoms with Crippen molar-refractivity contribution in [3.8, 4) is 0 Å². The third-order valence-electron chi connectivity index (χ3n) is 2.89. The molecule has 0 saturated carbocycles. The van der Waals surface area contributed by atoms with E-state index in [9.17, 15) is 4.79 Å². The Morgan fingerprint density at radius 2 is 2.10 bits per heavy atom. The van der Waals surface area contributed by atoms with Crippen molar-refractivity contribution >= 4 is 40.4 Å². The molecule has 0 aliphatic heterocycles. The van der Waals surface area contributed by atoms with Crippen LogP contribution in [0, 0.1) is 0 Å². The van der Waals surface area contributed by atoms with Gasteiger partial charge < -0.3 is 5.32 Å². The van der Waals surface area contributed by atoms with Crippen LogP contribution in [-0.2, 0) is 17.9 Å². The molecule has 0 unspecified atom stereocenters. The van der Waals surface area contributed by atoms with Gasteiger partial charge in [-0.3, -0.25) is 9.69 Å². The van der Waals surface area contributed by atoms with E-state index in [0.29, 0.717) is 29.7 Å². The molecule has 0 fully saturated rings. The average Bonchev–Trinajstić information content (AvgIpc) is 2.94. The number of amides is 1. The molecule has 2 aromatic rings. The van der Waals surface area contributed by atoms with E-state index in [-0.39, 0.29) is 5.91 Å². The van der Waals surface area contributed by atoms with Gasteiger partial charge in [0.25, 0.3) is 0 Å². The molecule has 0 saturated heterocycles. The van der Waals surface area contributed by atoms with E-state index < -0.39 is 0 Å². The second-order valence-electron chi connectivity index (χ2n) is 4.78. The summed E-state index contributed by atoms with van der Waals surface area (Å²) < 4.78 is 0. The first-order valence-electron chi connectivity index (χ1n) is 6.46. The molecule has 0 atom stereocenters. The number of benzene rings is 1. The van der Waals surface area contributed by atoms with E-state index in [4.69, 9.17) is 23.2 Å². The predicted molar refractivity (Wildman–Crippen MR) is 89.0 cm³/mol. The van der Waals surface area contributed by atoms with E-state index in [1.54, 1.807) is 17.4 Å². The van der Waals surface area contributed by atoms with Crippen molar-refractivity contribution in [2.24, 2.45) is 0 Å². The highest BCUT2D eigenvalue weighted by Gasteiger charge is 2.08. The van der Waals surface area contributed by atoms with Gasteiger partial charge in [-0.15, -0.1) is 11.3 Å². The molecule has 0 aliphatic carbocycles. The summed E-state index contributed by atoms with van der Waals surface area (Å²) in [5, 5.41) is 5.97. The molecule has 2 rings (SSSR count). The summed E-state index contributed by atoms with van der Waals surface area (Å²) in [5.41, 5.74) is 1.03. The molecule has 0 spiro atoms. The standard InChI is InChI=1S/C15H16Cl2N2OS/c1-19(9-11-4-5-13(16)14(17)7-11)10-15(20)18-8-12-3-2-6-21-12/h2-7H,8-10H2,1H3,(H,18,20). The third-order valence-corrected chi connectivity index (χ3v) is 4.51. The minimum absolute atomic E-state index is 0.00552. The minimum atomic E-state index is 0.00552. The van der Waals surface area contributed by atoms with E-state index in [2.05, 4.69) is 5.32 Å². The van der Waals surface area contributed by atoms with Crippen molar-refractivity contribution in [2.45, 2.75) is 13.1 Å². The van der Waals surface area contributed by atoms with Gasteiger partial charge in [0.05, 0.1) is 23.1 Å². The molecule has 1 heterocycles. The highest BCUT2D eigenvalue weighted by atomic mass is 35.5. The molecule has 3 nitrogen and oxygen atoms in total. The fraction of sp³-hybridized carbons (Fsp3) is 0.267. The van der Waals surface area contributed by atoms with Crippen molar-refractivity contribution in [2.75, 3.05) is 13.6 Å². The maximum atomic E-state index is 11.9. The van der Waals surface area contributed by atoms with Gasteiger partial charge in [0.1, 0.15) is 0 Å². The summed E-state index contributed by atoms with van der Waals surface area (Å²) in [5.74, 6) is 0.00552. The molecule has 0 radical (unpaired) electrons. The second-order valence-corrected chi connectivity index (χ2v) is 6.62. The second kappa shape index (κ2) is 7.80. The summed E-state index contributed by atoms with van der Waals surface area (Å²) in [6.45, 7) is 1.56. The van der Waals surface area contributed by atoms with Gasteiger partial charge in [-0.1, -0.05) is 35.3 Å². The summed E-state index contributed by atoms with van der Waals surface area (Å²) >= 11 is 13.5. The van der Waals surface area contributed by atoms with Gasteiger partial charge >= 0.3 is 0 Å². The zero-order chi connectivity index (χ0) is 15.2. The topological polar surface area (TPSA) is 32.3 Å². The first-order chi connectivity index (χ1) is 10.0. The predicted octanol–water partition coefficient (Wildman–Crippen LogP) is 3.80. The SMILES string of the molecule is CN(CC(=O)NCc1cccs1)Cc1ccc(Cl)c(Cl)c1. The lowest BCUT2D eigenvalue weighted by molar-refractivity contribution is -0.122. The Bertz CT molecular complexity index is 602. The summed E-state index contributed by atoms with van der Waals surface area (Å²) in [6.07, 6.45) is 0. The molecule has 1 amide bonds. The molecule has 0 bridgehead atoms. The van der Waals surface area contributed by atoms with Crippen LogP contribution < -0.4 is 5.32 Å². The molecule has 21 heavy (non-hydrogen) atoms. The van der Waals surface area contributed by atoms with E-state index in [0.717, 1.165) is 10.4 Å². The van der Waals surface area contributed by atoms with Gasteiger partial charge in [0.2, 0.25) is 5.91 Å². The Labute approximate surface area is 138 Å². The van der Waals surface area contributed by atoms with Crippen LogP contribution in [-0.4, -0.2) is 24.4 Å². The summed E-state index contributed by atoms with van der Waals surface area (Å²) in [4.78, 5) is 14.9. The number of carbonyl (C=O) groups is 1. The fourth-order valence-corrected chi connectivity index (χ4v) is 2.87. The summed E-state index contributed by atoms with van der Waals surface area (Å²) in [7, 11) is 1.90. The number of rotatable bonds is 6. The number of nitrogens with one attached hydrogen (secondary N) is 1. The normalized spacial score (nSPS) is 10.9. The summed E-state index contributed by atoms with van der Waals surface area (Å²) in [6, 6.07) is 9.48. The number of carbonyl (C=O) groups excluding carboxylic acids is 1. The van der Waals surface area contributed by atoms with Crippen LogP contribution in [0.15, 0.2) is 35.7 Å². The number of hydrogen-bond acceptors (Lipinski definition) is 3. The van der Waals surface area contributed by atoms with Crippen molar-refractivity contribution < 1.29 is 4.79 Å². The van der Waals surface area contributed by atoms with Gasteiger partial charge in [0, 0.05) is 11.4 Å². The van der Waals surface area contributed by atoms with Crippen LogP contribution in [0.2, 0.25) is 10.0 Å². The first kappa shape index (κ1) is 16.3. The Balaban J connectivity index is 1.79. The van der Waals surface area contributed by atoms with Crippen molar-refractivity contribution in [1.29, 1.82) is 0 Å². The lowest BCUT2D eigenvalue weighted by atomic mass is 10.2. The molecular formula is C15H16Cl2N2OS. The largest absolute Gasteiger partial charge is 0.350 e. The maximum absolute atomic E-state index is 11.9. The zero-order valence-electron chi connectivity index (χ0n) is 11.6. The van der Waals surface area contributed by atoms with Crippen LogP contribution in [0.3, 0.4) is 0 Å². The number of halogens is 2. The third kappa shape index (κ3) is 5.32. The van der Waals surface area contributed by atoms with E-state index >= 15 is 0 Å². The Hall–Kier alpha value is -1.07. The molecule has 1 N–H and O–H groups in total. The molecule has 1 aromatic carbocycles. The number of likely N-dealkylation sites (N-methyl/N-ethyl adjacent to an activating group) is 1. The van der Waals surface area contributed by atoms with Gasteiger partial charge in [-0.2, -0.15) is 0 Å². The first-order valence-corrected chi connectivity index (χ1v) is 8.09. The van der Waals surface area contributed by atoms with Crippen LogP contribution in [0.4, 0.5) is 0 Å². The number of hydrogen-bond donors (Lipinski definition) is 1. The quantitative estimate of drug-likeness (QED) is 0.865. The highest BCUT2D eigenvalue weighted by Crippen LogP contribution is 2.23. The van der Waals surface area contributed by atoms with Crippen molar-refractivity contribution in [3.63, 3.8) is 0 Å². The zero-order valence-corrected chi connectivity index (χ0v) is 13.9. The van der Waals surface area contributed by atoms with Crippen molar-refractivity contribution in [3.05, 3.63) is 56.2 Å². The minimum Gasteiger partial charge on any atom is -0.350 e. The molecule has 0 aliphatic rings. The van der Waals surface area contributed by atoms with Crippen molar-refractivity contribution in [1.82, 2.24) is 10.2 Å². The molecule has 6 heteroatoms. The lowest BCUT2D eigenvalue weighted by Gasteiger charge is -2.16. The highest BCUT2D eigenvalue weighted by molar-refractivity contribution is 7.09. The van der Waals surface area contributed by atoms with Gasteiger partial charge in [-0.05, 0) is 36.2 Å². The van der Waals surface area contributed by atoms with Gasteiger partial charge in [0.15, 0.2) is 0 Å². The lowest BCUT2D eigenvalue weighted by Crippen LogP contribution is -2.34. The Morgan fingerprint density at radius 1 is 1.29 bits per heavy atom. The van der Waals surface area contributed by atoms with Crippen LogP contribution >= 0.6 is 34.5 Å². The van der Waals surface area contributed by atoms with Crippen LogP contribution in [0.5, 0.6) is 0 Å². The van der Waals surface area contributed by atoms with Gasteiger partial charge in [-0.25, -0.2) is 0 Å². The number of thiophene rings is 1. The average molecular weight is 343 g/mol. The Kier molecular flexibility index (Phi) is 6.06. The van der Waals surface area contributed by atoms with Crippen LogP contribution in [0.25, 0.3) is 0 Å². The monoisotopic (exact) mass is 342 g/mol. The maximum Gasteiger partial charge on any atom is 0.234 e. The fourth-order valence-electron chi connectivity index (χ4n) is 1.91.